The van der Waals surface area contributed by atoms with Gasteiger partial charge >= 0.3 is 6.09 Å². The number of pyridine rings is 1. The van der Waals surface area contributed by atoms with Gasteiger partial charge in [-0.05, 0) is 19.1 Å². The zero-order chi connectivity index (χ0) is 21.6. The van der Waals surface area contributed by atoms with Crippen LogP contribution < -0.4 is 15.5 Å². The molecule has 0 unspecified atom stereocenters. The lowest BCUT2D eigenvalue weighted by Crippen LogP contribution is -2.36. The second kappa shape index (κ2) is 9.65. The van der Waals surface area contributed by atoms with Crippen LogP contribution in [0.5, 0.6) is 5.88 Å². The second-order valence-corrected chi connectivity index (χ2v) is 7.45. The third-order valence-corrected chi connectivity index (χ3v) is 5.28. The fourth-order valence-corrected chi connectivity index (χ4v) is 3.66. The van der Waals surface area contributed by atoms with E-state index in [0.29, 0.717) is 56.8 Å². The van der Waals surface area contributed by atoms with Gasteiger partial charge in [-0.25, -0.2) is 9.78 Å². The molecule has 2 aliphatic heterocycles. The van der Waals surface area contributed by atoms with Crippen LogP contribution in [0.4, 0.5) is 10.5 Å². The summed E-state index contributed by atoms with van der Waals surface area (Å²) in [6.45, 7) is 6.66. The molecule has 9 heteroatoms. The Morgan fingerprint density at radius 2 is 2.03 bits per heavy atom. The Bertz CT molecular complexity index is 959. The quantitative estimate of drug-likeness (QED) is 0.410. The van der Waals surface area contributed by atoms with Crippen molar-refractivity contribution in [2.24, 2.45) is 10.9 Å². The number of aryl methyl sites for hydroxylation is 1. The maximum Gasteiger partial charge on any atom is 0.410 e. The number of cyclic esters (lactones) is 1. The Morgan fingerprint density at radius 1 is 1.19 bits per heavy atom. The number of nitrogens with two attached hydrogens (primary N) is 1. The van der Waals surface area contributed by atoms with E-state index in [1.54, 1.807) is 4.90 Å². The van der Waals surface area contributed by atoms with E-state index < -0.39 is 0 Å². The highest BCUT2D eigenvalue weighted by molar-refractivity contribution is 6.12. The molecule has 0 atom stereocenters. The van der Waals surface area contributed by atoms with Gasteiger partial charge in [0.2, 0.25) is 5.88 Å². The van der Waals surface area contributed by atoms with E-state index >= 15 is 0 Å². The van der Waals surface area contributed by atoms with Gasteiger partial charge < -0.3 is 29.9 Å². The molecular weight excluding hydrogens is 398 g/mol. The van der Waals surface area contributed by atoms with Gasteiger partial charge in [-0.2, -0.15) is 5.10 Å². The van der Waals surface area contributed by atoms with Crippen LogP contribution in [0.1, 0.15) is 16.8 Å². The number of carbonyl (C=O) groups excluding carboxylic acids is 1. The largest absolute Gasteiger partial charge is 0.476 e. The molecule has 0 radical (unpaired) electrons. The number of nitrogens with zero attached hydrogens (tertiary/aromatic N) is 4. The molecule has 0 spiro atoms. The lowest BCUT2D eigenvalue weighted by molar-refractivity contribution is 0.122. The summed E-state index contributed by atoms with van der Waals surface area (Å²) in [5, 5.41) is 4.04. The third kappa shape index (κ3) is 5.05. The van der Waals surface area contributed by atoms with Crippen molar-refractivity contribution in [1.82, 2.24) is 9.88 Å². The summed E-state index contributed by atoms with van der Waals surface area (Å²) < 4.78 is 16.4. The molecule has 1 aromatic heterocycles. The van der Waals surface area contributed by atoms with Crippen LogP contribution in [0.15, 0.2) is 41.5 Å². The number of benzene rings is 1. The lowest BCUT2D eigenvalue weighted by atomic mass is 10.0. The normalized spacial score (nSPS) is 17.1. The fourth-order valence-electron chi connectivity index (χ4n) is 3.66. The zero-order valence-electron chi connectivity index (χ0n) is 17.6. The van der Waals surface area contributed by atoms with Gasteiger partial charge in [-0.15, -0.1) is 0 Å². The van der Waals surface area contributed by atoms with Crippen LogP contribution >= 0.6 is 0 Å². The van der Waals surface area contributed by atoms with E-state index in [2.05, 4.69) is 15.0 Å². The van der Waals surface area contributed by atoms with Gasteiger partial charge in [0, 0.05) is 30.4 Å². The molecule has 2 saturated heterocycles. The number of ether oxygens (including phenoxy) is 3. The Hall–Kier alpha value is -3.33. The Labute approximate surface area is 181 Å². The Balaban J connectivity index is 1.60. The molecule has 1 amide bonds. The van der Waals surface area contributed by atoms with Crippen molar-refractivity contribution in [3.8, 4) is 5.88 Å². The topological polar surface area (TPSA) is 103 Å². The standard InChI is InChI=1S/C22H27N5O4/c1-16-3-2-4-17(13-16)21(25-23)19-14-18(26-5-9-29-10-6-26)15-20(24-19)30-11-7-27-8-12-31-22(27)28/h2-4,13-15H,5-12,23H2,1H3. The summed E-state index contributed by atoms with van der Waals surface area (Å²) in [5.74, 6) is 6.24. The van der Waals surface area contributed by atoms with Crippen LogP contribution in [0.3, 0.4) is 0 Å². The van der Waals surface area contributed by atoms with Crippen molar-refractivity contribution >= 4 is 17.5 Å². The van der Waals surface area contributed by atoms with Crippen molar-refractivity contribution in [2.45, 2.75) is 6.92 Å². The summed E-state index contributed by atoms with van der Waals surface area (Å²) in [6, 6.07) is 11.8. The maximum atomic E-state index is 11.6. The van der Waals surface area contributed by atoms with Gasteiger partial charge in [-0.1, -0.05) is 23.8 Å². The molecule has 31 heavy (non-hydrogen) atoms. The predicted molar refractivity (Wildman–Crippen MR) is 117 cm³/mol. The molecule has 2 aromatic rings. The fraction of sp³-hybridized carbons (Fsp3) is 0.409. The first-order valence-corrected chi connectivity index (χ1v) is 10.4. The lowest BCUT2D eigenvalue weighted by Gasteiger charge is -2.29. The maximum absolute atomic E-state index is 11.6. The van der Waals surface area contributed by atoms with E-state index in [1.807, 2.05) is 43.3 Å². The van der Waals surface area contributed by atoms with Crippen molar-refractivity contribution < 1.29 is 19.0 Å². The van der Waals surface area contributed by atoms with E-state index in [1.165, 1.54) is 0 Å². The number of morpholine rings is 1. The van der Waals surface area contributed by atoms with Gasteiger partial charge in [0.25, 0.3) is 0 Å². The van der Waals surface area contributed by atoms with Crippen molar-refractivity contribution in [3.63, 3.8) is 0 Å². The molecule has 3 heterocycles. The highest BCUT2D eigenvalue weighted by Crippen LogP contribution is 2.24. The Morgan fingerprint density at radius 3 is 2.74 bits per heavy atom. The second-order valence-electron chi connectivity index (χ2n) is 7.45. The summed E-state index contributed by atoms with van der Waals surface area (Å²) >= 11 is 0. The predicted octanol–water partition coefficient (Wildman–Crippen LogP) is 1.77. The van der Waals surface area contributed by atoms with Crippen molar-refractivity contribution in [3.05, 3.63) is 53.2 Å². The van der Waals surface area contributed by atoms with Gasteiger partial charge in [0.05, 0.1) is 32.0 Å². The number of amides is 1. The molecule has 2 aliphatic rings. The Kier molecular flexibility index (Phi) is 6.51. The van der Waals surface area contributed by atoms with Gasteiger partial charge in [0.1, 0.15) is 18.9 Å². The molecule has 164 valence electrons. The van der Waals surface area contributed by atoms with Crippen molar-refractivity contribution in [2.75, 3.05) is 57.5 Å². The first-order chi connectivity index (χ1) is 15.1. The molecule has 0 bridgehead atoms. The number of aromatic nitrogens is 1. The van der Waals surface area contributed by atoms with Crippen LogP contribution in [0, 0.1) is 6.92 Å². The minimum atomic E-state index is -0.309. The number of rotatable bonds is 7. The number of hydrazone groups is 1. The first kappa shape index (κ1) is 20.9. The molecule has 0 saturated carbocycles. The average molecular weight is 425 g/mol. The van der Waals surface area contributed by atoms with Gasteiger partial charge in [-0.3, -0.25) is 0 Å². The number of carbonyl (C=O) groups is 1. The molecule has 2 fully saturated rings. The summed E-state index contributed by atoms with van der Waals surface area (Å²) in [4.78, 5) is 20.1. The van der Waals surface area contributed by atoms with Gasteiger partial charge in [0.15, 0.2) is 0 Å². The number of anilines is 1. The van der Waals surface area contributed by atoms with E-state index in [4.69, 9.17) is 20.1 Å². The molecular formula is C22H27N5O4. The highest BCUT2D eigenvalue weighted by Gasteiger charge is 2.22. The van der Waals surface area contributed by atoms with Crippen LogP contribution in [0.25, 0.3) is 0 Å². The summed E-state index contributed by atoms with van der Waals surface area (Å²) in [6.07, 6.45) is -0.309. The van der Waals surface area contributed by atoms with Crippen LogP contribution in [-0.2, 0) is 9.47 Å². The minimum Gasteiger partial charge on any atom is -0.476 e. The monoisotopic (exact) mass is 425 g/mol. The van der Waals surface area contributed by atoms with Crippen LogP contribution in [-0.4, -0.2) is 74.3 Å². The molecule has 4 rings (SSSR count). The van der Waals surface area contributed by atoms with E-state index in [0.717, 1.165) is 29.9 Å². The SMILES string of the molecule is Cc1cccc(C(=NN)c2cc(N3CCOCC3)cc(OCCN3CCOC3=O)n2)c1. The molecule has 1 aromatic carbocycles. The van der Waals surface area contributed by atoms with E-state index in [-0.39, 0.29) is 6.09 Å². The number of hydrogen-bond donors (Lipinski definition) is 1. The summed E-state index contributed by atoms with van der Waals surface area (Å²) in [7, 11) is 0. The minimum absolute atomic E-state index is 0.309. The first-order valence-electron chi connectivity index (χ1n) is 10.4. The zero-order valence-corrected chi connectivity index (χ0v) is 17.6. The van der Waals surface area contributed by atoms with Crippen molar-refractivity contribution in [1.29, 1.82) is 0 Å². The average Bonchev–Trinajstić information content (AvgIpc) is 3.19. The molecule has 2 N–H and O–H groups in total. The molecule has 9 nitrogen and oxygen atoms in total. The number of hydrogen-bond acceptors (Lipinski definition) is 8. The highest BCUT2D eigenvalue weighted by atomic mass is 16.6. The summed E-state index contributed by atoms with van der Waals surface area (Å²) in [5.41, 5.74) is 4.19. The third-order valence-electron chi connectivity index (χ3n) is 5.28. The molecule has 0 aliphatic carbocycles. The smallest absolute Gasteiger partial charge is 0.410 e. The van der Waals surface area contributed by atoms with E-state index in [9.17, 15) is 4.79 Å². The van der Waals surface area contributed by atoms with Crippen LogP contribution in [0.2, 0.25) is 0 Å².